The number of carbonyl (C=O) groups excluding carboxylic acids is 3. The number of hydrogen-bond acceptors (Lipinski definition) is 5. The third kappa shape index (κ3) is 3.54. The summed E-state index contributed by atoms with van der Waals surface area (Å²) in [6, 6.07) is 6.36. The van der Waals surface area contributed by atoms with Gasteiger partial charge in [0.1, 0.15) is 6.61 Å². The Hall–Kier alpha value is -2.47. The van der Waals surface area contributed by atoms with Crippen molar-refractivity contribution in [3.8, 4) is 0 Å². The van der Waals surface area contributed by atoms with Crippen LogP contribution in [0.3, 0.4) is 0 Å². The molecule has 1 heterocycles. The van der Waals surface area contributed by atoms with Gasteiger partial charge in [-0.1, -0.05) is 42.2 Å². The maximum absolute atomic E-state index is 12.1. The highest BCUT2D eigenvalue weighted by molar-refractivity contribution is 6.20. The van der Waals surface area contributed by atoms with E-state index < -0.39 is 17.8 Å². The summed E-state index contributed by atoms with van der Waals surface area (Å²) < 4.78 is 5.53. The minimum atomic E-state index is -0.764. The first kappa shape index (κ1) is 16.4. The molecule has 0 N–H and O–H groups in total. The molecule has 0 aromatic heterocycles. The van der Waals surface area contributed by atoms with Crippen LogP contribution in [0.25, 0.3) is 0 Å². The molecule has 0 saturated heterocycles. The number of imide groups is 1. The number of fused-ring (bicyclic) bond motifs is 1. The summed E-state index contributed by atoms with van der Waals surface area (Å²) in [5.41, 5.74) is 0.471. The van der Waals surface area contributed by atoms with Gasteiger partial charge in [0.05, 0.1) is 17.2 Å². The number of rotatable bonds is 4. The predicted molar refractivity (Wildman–Crippen MR) is 85.0 cm³/mol. The minimum absolute atomic E-state index is 0.139. The lowest BCUT2D eigenvalue weighted by Crippen LogP contribution is -2.34. The van der Waals surface area contributed by atoms with Gasteiger partial charge in [0.15, 0.2) is 0 Å². The molecule has 0 saturated carbocycles. The molecule has 0 radical (unpaired) electrons. The van der Waals surface area contributed by atoms with E-state index >= 15 is 0 Å². The Balaban J connectivity index is 1.55. The molecule has 0 spiro atoms. The van der Waals surface area contributed by atoms with Gasteiger partial charge in [0.2, 0.25) is 0 Å². The molecule has 1 aliphatic heterocycles. The van der Waals surface area contributed by atoms with Gasteiger partial charge in [-0.3, -0.25) is 9.59 Å². The second kappa shape index (κ2) is 7.40. The number of carbonyl (C=O) groups is 3. The molecule has 1 aromatic rings. The lowest BCUT2D eigenvalue weighted by molar-refractivity contribution is -0.174. The molecule has 3 rings (SSSR count). The highest BCUT2D eigenvalue weighted by atomic mass is 16.7. The Morgan fingerprint density at radius 2 is 1.79 bits per heavy atom. The van der Waals surface area contributed by atoms with Crippen LogP contribution in [-0.4, -0.2) is 35.6 Å². The minimum Gasteiger partial charge on any atom is -0.362 e. The predicted octanol–water partition coefficient (Wildman–Crippen LogP) is 2.65. The van der Waals surface area contributed by atoms with Crippen LogP contribution < -0.4 is 0 Å². The largest absolute Gasteiger partial charge is 0.362 e. The van der Waals surface area contributed by atoms with Crippen LogP contribution in [0, 0.1) is 0 Å². The van der Waals surface area contributed by atoms with Crippen molar-refractivity contribution >= 4 is 17.8 Å². The standard InChI is InChI=1S/C18H19NO5/c20-16(12-23-13-8-4-2-1-3-5-9-13)24-19-17(21)14-10-6-7-11-15(14)18(19)22/h4,6-8,10-11,13H,1-3,5,9,12H2/b8-4-. The topological polar surface area (TPSA) is 72.9 Å². The van der Waals surface area contributed by atoms with Crippen LogP contribution in [-0.2, 0) is 14.4 Å². The molecule has 1 atom stereocenters. The Morgan fingerprint density at radius 1 is 1.08 bits per heavy atom. The number of amides is 2. The smallest absolute Gasteiger partial charge is 0.358 e. The number of hydrogen-bond donors (Lipinski definition) is 0. The Kier molecular flexibility index (Phi) is 5.05. The molecule has 126 valence electrons. The molecule has 1 aromatic carbocycles. The fourth-order valence-electron chi connectivity index (χ4n) is 2.82. The van der Waals surface area contributed by atoms with E-state index in [4.69, 9.17) is 9.57 Å². The average Bonchev–Trinajstić information content (AvgIpc) is 2.79. The van der Waals surface area contributed by atoms with E-state index in [0.717, 1.165) is 25.7 Å². The van der Waals surface area contributed by atoms with Crippen LogP contribution in [0.15, 0.2) is 36.4 Å². The average molecular weight is 329 g/mol. The quantitative estimate of drug-likeness (QED) is 0.627. The highest BCUT2D eigenvalue weighted by Gasteiger charge is 2.38. The molecule has 0 fully saturated rings. The van der Waals surface area contributed by atoms with Gasteiger partial charge in [-0.25, -0.2) is 4.79 Å². The van der Waals surface area contributed by atoms with Gasteiger partial charge in [-0.15, -0.1) is 0 Å². The third-order valence-electron chi connectivity index (χ3n) is 4.08. The van der Waals surface area contributed by atoms with Gasteiger partial charge < -0.3 is 9.57 Å². The Labute approximate surface area is 140 Å². The second-order valence-electron chi connectivity index (χ2n) is 5.83. The van der Waals surface area contributed by atoms with Crippen molar-refractivity contribution in [2.24, 2.45) is 0 Å². The highest BCUT2D eigenvalue weighted by Crippen LogP contribution is 2.22. The number of allylic oxidation sites excluding steroid dienone is 1. The molecule has 6 nitrogen and oxygen atoms in total. The van der Waals surface area contributed by atoms with Crippen LogP contribution in [0.1, 0.15) is 52.8 Å². The number of ether oxygens (including phenoxy) is 1. The van der Waals surface area contributed by atoms with Gasteiger partial charge in [0.25, 0.3) is 11.8 Å². The molecule has 0 bridgehead atoms. The van der Waals surface area contributed by atoms with E-state index in [1.54, 1.807) is 12.1 Å². The zero-order valence-electron chi connectivity index (χ0n) is 13.3. The van der Waals surface area contributed by atoms with Crippen molar-refractivity contribution in [1.82, 2.24) is 5.06 Å². The molecular weight excluding hydrogens is 310 g/mol. The fourth-order valence-corrected chi connectivity index (χ4v) is 2.82. The van der Waals surface area contributed by atoms with E-state index in [2.05, 4.69) is 6.08 Å². The second-order valence-corrected chi connectivity index (χ2v) is 5.83. The van der Waals surface area contributed by atoms with E-state index in [-0.39, 0.29) is 23.8 Å². The van der Waals surface area contributed by atoms with E-state index in [1.807, 2.05) is 6.08 Å². The summed E-state index contributed by atoms with van der Waals surface area (Å²) in [5.74, 6) is -2.02. The first-order valence-corrected chi connectivity index (χ1v) is 8.13. The third-order valence-corrected chi connectivity index (χ3v) is 4.08. The van der Waals surface area contributed by atoms with Crippen LogP contribution >= 0.6 is 0 Å². The summed E-state index contributed by atoms with van der Waals surface area (Å²) in [6.07, 6.45) is 9.08. The summed E-state index contributed by atoms with van der Waals surface area (Å²) in [5, 5.41) is 0.504. The molecule has 6 heteroatoms. The van der Waals surface area contributed by atoms with Crippen LogP contribution in [0.2, 0.25) is 0 Å². The molecule has 1 aliphatic carbocycles. The summed E-state index contributed by atoms with van der Waals surface area (Å²) >= 11 is 0. The van der Waals surface area contributed by atoms with Gasteiger partial charge >= 0.3 is 5.97 Å². The summed E-state index contributed by atoms with van der Waals surface area (Å²) in [7, 11) is 0. The maximum atomic E-state index is 12.1. The van der Waals surface area contributed by atoms with Crippen molar-refractivity contribution in [2.75, 3.05) is 6.61 Å². The molecular formula is C18H19NO5. The SMILES string of the molecule is O=C(COC1/C=C\CCCCC1)ON1C(=O)c2ccccc2C1=O. The molecule has 24 heavy (non-hydrogen) atoms. The molecule has 2 aliphatic rings. The zero-order valence-corrected chi connectivity index (χ0v) is 13.3. The van der Waals surface area contributed by atoms with Crippen molar-refractivity contribution in [3.63, 3.8) is 0 Å². The fraction of sp³-hybridized carbons (Fsp3) is 0.389. The van der Waals surface area contributed by atoms with E-state index in [9.17, 15) is 14.4 Å². The van der Waals surface area contributed by atoms with Gasteiger partial charge in [-0.2, -0.15) is 0 Å². The van der Waals surface area contributed by atoms with E-state index in [0.29, 0.717) is 5.06 Å². The number of benzene rings is 1. The lowest BCUT2D eigenvalue weighted by atomic mass is 10.0. The molecule has 2 amide bonds. The first-order valence-electron chi connectivity index (χ1n) is 8.13. The van der Waals surface area contributed by atoms with Crippen LogP contribution in [0.5, 0.6) is 0 Å². The zero-order chi connectivity index (χ0) is 16.9. The number of nitrogens with zero attached hydrogens (tertiary/aromatic N) is 1. The van der Waals surface area contributed by atoms with Gasteiger partial charge in [0, 0.05) is 0 Å². The van der Waals surface area contributed by atoms with Crippen molar-refractivity contribution in [2.45, 2.75) is 38.2 Å². The summed E-state index contributed by atoms with van der Waals surface area (Å²) in [4.78, 5) is 41.0. The van der Waals surface area contributed by atoms with Crippen molar-refractivity contribution in [1.29, 1.82) is 0 Å². The Bertz CT molecular complexity index is 647. The maximum Gasteiger partial charge on any atom is 0.358 e. The van der Waals surface area contributed by atoms with Crippen molar-refractivity contribution < 1.29 is 24.0 Å². The van der Waals surface area contributed by atoms with E-state index in [1.165, 1.54) is 18.6 Å². The van der Waals surface area contributed by atoms with Crippen molar-refractivity contribution in [3.05, 3.63) is 47.5 Å². The summed E-state index contributed by atoms with van der Waals surface area (Å²) in [6.45, 7) is -0.303. The normalized spacial score (nSPS) is 21.8. The number of hydroxylamine groups is 2. The first-order chi connectivity index (χ1) is 11.7. The molecule has 1 unspecified atom stereocenters. The van der Waals surface area contributed by atoms with Gasteiger partial charge in [-0.05, 0) is 31.4 Å². The van der Waals surface area contributed by atoms with Crippen LogP contribution in [0.4, 0.5) is 0 Å². The lowest BCUT2D eigenvalue weighted by Gasteiger charge is -2.17. The Morgan fingerprint density at radius 3 is 2.50 bits per heavy atom. The monoisotopic (exact) mass is 329 g/mol.